The molecule has 0 amide bonds. The van der Waals surface area contributed by atoms with Gasteiger partial charge in [0.05, 0.1) is 0 Å². The van der Waals surface area contributed by atoms with Gasteiger partial charge < -0.3 is 5.73 Å². The topological polar surface area (TPSA) is 26.0 Å². The molecule has 0 unspecified atom stereocenters. The Bertz CT molecular complexity index is 245. The minimum absolute atomic E-state index is 0.139. The molecule has 0 saturated carbocycles. The van der Waals surface area contributed by atoms with Crippen LogP contribution in [0, 0.1) is 0 Å². The van der Waals surface area contributed by atoms with E-state index in [0.29, 0.717) is 0 Å². The van der Waals surface area contributed by atoms with Crippen molar-refractivity contribution < 1.29 is 0 Å². The summed E-state index contributed by atoms with van der Waals surface area (Å²) in [5.41, 5.74) is 7.09. The molecule has 1 aromatic rings. The summed E-state index contributed by atoms with van der Waals surface area (Å²) >= 11 is 1.85. The number of thioether (sulfide) groups is 1. The first kappa shape index (κ1) is 9.62. The maximum atomic E-state index is 5.83. The average molecular weight is 181 g/mol. The Kier molecular flexibility index (Phi) is 3.63. The van der Waals surface area contributed by atoms with Gasteiger partial charge in [-0.15, -0.1) is 11.8 Å². The van der Waals surface area contributed by atoms with Crippen LogP contribution in [-0.4, -0.2) is 5.75 Å². The zero-order valence-corrected chi connectivity index (χ0v) is 8.40. The minimum atomic E-state index is 0.139. The lowest BCUT2D eigenvalue weighted by Gasteiger charge is -2.10. The molecule has 2 N–H and O–H groups in total. The molecule has 0 aliphatic heterocycles. The third-order valence-electron chi connectivity index (χ3n) is 1.71. The van der Waals surface area contributed by atoms with Gasteiger partial charge in [0.1, 0.15) is 0 Å². The molecule has 0 bridgehead atoms. The standard InChI is InChI=1S/C10H15NS/c1-3-12-10-7-5-4-6-9(10)8(2)11/h4-8H,3,11H2,1-2H3/t8-/m1/s1. The monoisotopic (exact) mass is 181 g/mol. The molecule has 0 fully saturated rings. The van der Waals surface area contributed by atoms with Crippen molar-refractivity contribution in [2.45, 2.75) is 24.8 Å². The maximum Gasteiger partial charge on any atom is 0.0277 e. The van der Waals surface area contributed by atoms with Gasteiger partial charge in [-0.05, 0) is 24.3 Å². The predicted octanol–water partition coefficient (Wildman–Crippen LogP) is 2.82. The van der Waals surface area contributed by atoms with E-state index in [-0.39, 0.29) is 6.04 Å². The first-order valence-electron chi connectivity index (χ1n) is 4.23. The SMILES string of the molecule is CCSc1ccccc1[C@@H](C)N. The Morgan fingerprint density at radius 1 is 1.42 bits per heavy atom. The van der Waals surface area contributed by atoms with Crippen molar-refractivity contribution in [3.05, 3.63) is 29.8 Å². The number of hydrogen-bond acceptors (Lipinski definition) is 2. The first-order valence-corrected chi connectivity index (χ1v) is 5.21. The Balaban J connectivity index is 2.92. The van der Waals surface area contributed by atoms with Gasteiger partial charge in [-0.3, -0.25) is 0 Å². The molecule has 0 spiro atoms. The van der Waals surface area contributed by atoms with E-state index in [1.165, 1.54) is 10.5 Å². The quantitative estimate of drug-likeness (QED) is 0.726. The zero-order valence-electron chi connectivity index (χ0n) is 7.58. The molecule has 0 saturated heterocycles. The average Bonchev–Trinajstić information content (AvgIpc) is 2.05. The Labute approximate surface area is 78.4 Å². The second-order valence-corrected chi connectivity index (χ2v) is 4.07. The van der Waals surface area contributed by atoms with Crippen LogP contribution in [-0.2, 0) is 0 Å². The van der Waals surface area contributed by atoms with Gasteiger partial charge in [-0.25, -0.2) is 0 Å². The van der Waals surface area contributed by atoms with Crippen LogP contribution in [0.3, 0.4) is 0 Å². The third kappa shape index (κ3) is 2.26. The van der Waals surface area contributed by atoms with E-state index in [1.54, 1.807) is 0 Å². The van der Waals surface area contributed by atoms with E-state index >= 15 is 0 Å². The lowest BCUT2D eigenvalue weighted by atomic mass is 10.1. The molecule has 0 aliphatic rings. The van der Waals surface area contributed by atoms with Crippen molar-refractivity contribution in [1.82, 2.24) is 0 Å². The van der Waals surface area contributed by atoms with Crippen LogP contribution < -0.4 is 5.73 Å². The molecular weight excluding hydrogens is 166 g/mol. The van der Waals surface area contributed by atoms with E-state index in [4.69, 9.17) is 5.73 Å². The van der Waals surface area contributed by atoms with E-state index in [2.05, 4.69) is 25.1 Å². The highest BCUT2D eigenvalue weighted by molar-refractivity contribution is 7.99. The van der Waals surface area contributed by atoms with Crippen LogP contribution in [0.5, 0.6) is 0 Å². The summed E-state index contributed by atoms with van der Waals surface area (Å²) < 4.78 is 0. The third-order valence-corrected chi connectivity index (χ3v) is 2.68. The normalized spacial score (nSPS) is 12.9. The van der Waals surface area contributed by atoms with E-state index in [0.717, 1.165) is 5.75 Å². The van der Waals surface area contributed by atoms with Crippen molar-refractivity contribution in [1.29, 1.82) is 0 Å². The van der Waals surface area contributed by atoms with Gasteiger partial charge in [0, 0.05) is 10.9 Å². The lowest BCUT2D eigenvalue weighted by Crippen LogP contribution is -2.05. The Morgan fingerprint density at radius 3 is 2.67 bits per heavy atom. The molecule has 1 nitrogen and oxygen atoms in total. The summed E-state index contributed by atoms with van der Waals surface area (Å²) in [5, 5.41) is 0. The van der Waals surface area contributed by atoms with Crippen LogP contribution in [0.4, 0.5) is 0 Å². The van der Waals surface area contributed by atoms with Crippen LogP contribution >= 0.6 is 11.8 Å². The van der Waals surface area contributed by atoms with Gasteiger partial charge in [0.2, 0.25) is 0 Å². The molecule has 1 atom stereocenters. The van der Waals surface area contributed by atoms with Crippen molar-refractivity contribution in [2.24, 2.45) is 5.73 Å². The van der Waals surface area contributed by atoms with E-state index in [1.807, 2.05) is 24.8 Å². The fraction of sp³-hybridized carbons (Fsp3) is 0.400. The molecule has 1 aromatic carbocycles. The van der Waals surface area contributed by atoms with Gasteiger partial charge in [0.15, 0.2) is 0 Å². The molecule has 12 heavy (non-hydrogen) atoms. The minimum Gasteiger partial charge on any atom is -0.324 e. The fourth-order valence-corrected chi connectivity index (χ4v) is 2.05. The highest BCUT2D eigenvalue weighted by atomic mass is 32.2. The molecule has 1 rings (SSSR count). The summed E-state index contributed by atoms with van der Waals surface area (Å²) in [4.78, 5) is 1.31. The molecule has 0 radical (unpaired) electrons. The predicted molar refractivity (Wildman–Crippen MR) is 55.4 cm³/mol. The Morgan fingerprint density at radius 2 is 2.08 bits per heavy atom. The van der Waals surface area contributed by atoms with E-state index < -0.39 is 0 Å². The summed E-state index contributed by atoms with van der Waals surface area (Å²) in [6, 6.07) is 8.47. The van der Waals surface area contributed by atoms with Crippen LogP contribution in [0.2, 0.25) is 0 Å². The van der Waals surface area contributed by atoms with Gasteiger partial charge in [-0.1, -0.05) is 25.1 Å². The largest absolute Gasteiger partial charge is 0.324 e. The van der Waals surface area contributed by atoms with Crippen molar-refractivity contribution in [3.8, 4) is 0 Å². The lowest BCUT2D eigenvalue weighted by molar-refractivity contribution is 0.797. The van der Waals surface area contributed by atoms with Crippen molar-refractivity contribution >= 4 is 11.8 Å². The zero-order chi connectivity index (χ0) is 8.97. The highest BCUT2D eigenvalue weighted by Gasteiger charge is 2.04. The maximum absolute atomic E-state index is 5.83. The van der Waals surface area contributed by atoms with Crippen LogP contribution in [0.25, 0.3) is 0 Å². The smallest absolute Gasteiger partial charge is 0.0277 e. The summed E-state index contributed by atoms with van der Waals surface area (Å²) in [7, 11) is 0. The molecule has 2 heteroatoms. The fourth-order valence-electron chi connectivity index (χ4n) is 1.14. The molecule has 0 aliphatic carbocycles. The van der Waals surface area contributed by atoms with Crippen molar-refractivity contribution in [2.75, 3.05) is 5.75 Å². The molecule has 0 aromatic heterocycles. The first-order chi connectivity index (χ1) is 5.75. The van der Waals surface area contributed by atoms with Crippen LogP contribution in [0.15, 0.2) is 29.2 Å². The van der Waals surface area contributed by atoms with Gasteiger partial charge in [0.25, 0.3) is 0 Å². The molecule has 0 heterocycles. The molecule has 66 valence electrons. The number of rotatable bonds is 3. The second kappa shape index (κ2) is 4.53. The van der Waals surface area contributed by atoms with Gasteiger partial charge in [-0.2, -0.15) is 0 Å². The van der Waals surface area contributed by atoms with E-state index in [9.17, 15) is 0 Å². The number of hydrogen-bond donors (Lipinski definition) is 1. The number of nitrogens with two attached hydrogens (primary N) is 1. The number of benzene rings is 1. The summed E-state index contributed by atoms with van der Waals surface area (Å²) in [6.45, 7) is 4.18. The second-order valence-electron chi connectivity index (χ2n) is 2.76. The summed E-state index contributed by atoms with van der Waals surface area (Å²) in [6.07, 6.45) is 0. The summed E-state index contributed by atoms with van der Waals surface area (Å²) in [5.74, 6) is 1.10. The van der Waals surface area contributed by atoms with Gasteiger partial charge >= 0.3 is 0 Å². The van der Waals surface area contributed by atoms with Crippen LogP contribution in [0.1, 0.15) is 25.5 Å². The highest BCUT2D eigenvalue weighted by Crippen LogP contribution is 2.25. The molecular formula is C10H15NS. The Hall–Kier alpha value is -0.470. The van der Waals surface area contributed by atoms with Crippen molar-refractivity contribution in [3.63, 3.8) is 0 Å².